The smallest absolute Gasteiger partial charge is 0.277 e. The minimum atomic E-state index is -2.44. The van der Waals surface area contributed by atoms with E-state index in [0.29, 0.717) is 5.56 Å². The fourth-order valence-electron chi connectivity index (χ4n) is 5.01. The highest BCUT2D eigenvalue weighted by Crippen LogP contribution is 2.44. The number of hydrogen-bond acceptors (Lipinski definition) is 15. The molecule has 11 atom stereocenters. The van der Waals surface area contributed by atoms with Crippen molar-refractivity contribution in [2.24, 2.45) is 0 Å². The molecule has 0 saturated carbocycles. The van der Waals surface area contributed by atoms with E-state index >= 15 is 0 Å². The van der Waals surface area contributed by atoms with Gasteiger partial charge in [-0.3, -0.25) is 4.79 Å². The summed E-state index contributed by atoms with van der Waals surface area (Å²) in [6.07, 6.45) is -14.9. The van der Waals surface area contributed by atoms with Crippen LogP contribution < -0.4 is 14.2 Å². The van der Waals surface area contributed by atoms with Gasteiger partial charge in [0.2, 0.25) is 18.4 Å². The monoisotopic (exact) mass is 596 g/mol. The number of aromatic hydroxyl groups is 1. The third-order valence-corrected chi connectivity index (χ3v) is 7.43. The minimum absolute atomic E-state index is 0.215. The van der Waals surface area contributed by atoms with Gasteiger partial charge in [-0.15, -0.1) is 0 Å². The van der Waals surface area contributed by atoms with Crippen LogP contribution in [0, 0.1) is 0 Å². The van der Waals surface area contributed by atoms with E-state index < -0.39 is 85.3 Å². The molecule has 3 heterocycles. The van der Waals surface area contributed by atoms with E-state index in [9.17, 15) is 50.8 Å². The lowest BCUT2D eigenvalue weighted by molar-refractivity contribution is -0.277. The molecule has 0 amide bonds. The van der Waals surface area contributed by atoms with Crippen molar-refractivity contribution in [3.8, 4) is 23.0 Å². The fourth-order valence-corrected chi connectivity index (χ4v) is 5.01. The van der Waals surface area contributed by atoms with Crippen molar-refractivity contribution in [3.63, 3.8) is 0 Å². The molecule has 9 N–H and O–H groups in total. The summed E-state index contributed by atoms with van der Waals surface area (Å²) in [5.74, 6) is -4.19. The SMILES string of the molecule is C[C@@H]1O[C@@H](Oc2ccc(C[C@]3(O)Oc4cc(O)cc(O[C@@H]5O[C@H](CO)[C@H](O)[C@H](O)[C@H]5O)c4C3=O)cc2)[C@@H](O)[C@H](O)[C@H]1O. The van der Waals surface area contributed by atoms with E-state index in [1.807, 2.05) is 0 Å². The molecule has 0 aliphatic carbocycles. The Bertz CT molecular complexity index is 1290. The summed E-state index contributed by atoms with van der Waals surface area (Å²) >= 11 is 0. The minimum Gasteiger partial charge on any atom is -0.508 e. The first-order chi connectivity index (χ1) is 19.8. The number of benzene rings is 2. The molecular formula is C27H32O15. The zero-order valence-electron chi connectivity index (χ0n) is 22.1. The molecule has 42 heavy (non-hydrogen) atoms. The van der Waals surface area contributed by atoms with Gasteiger partial charge in [0.05, 0.1) is 12.7 Å². The van der Waals surface area contributed by atoms with Crippen molar-refractivity contribution < 1.29 is 74.4 Å². The number of phenols is 1. The van der Waals surface area contributed by atoms with Gasteiger partial charge in [-0.1, -0.05) is 12.1 Å². The Balaban J connectivity index is 1.30. The van der Waals surface area contributed by atoms with E-state index in [4.69, 9.17) is 23.7 Å². The van der Waals surface area contributed by atoms with Gasteiger partial charge in [0.15, 0.2) is 0 Å². The predicted molar refractivity (Wildman–Crippen MR) is 136 cm³/mol. The van der Waals surface area contributed by atoms with Gasteiger partial charge in [-0.05, 0) is 24.6 Å². The Hall–Kier alpha value is -3.09. The first kappa shape index (κ1) is 30.4. The van der Waals surface area contributed by atoms with Crippen LogP contribution in [0.15, 0.2) is 36.4 Å². The van der Waals surface area contributed by atoms with Gasteiger partial charge in [-0.25, -0.2) is 0 Å². The largest absolute Gasteiger partial charge is 0.508 e. The number of ether oxygens (including phenoxy) is 5. The molecule has 3 aliphatic heterocycles. The topological polar surface area (TPSA) is 245 Å². The average molecular weight is 597 g/mol. The highest BCUT2D eigenvalue weighted by atomic mass is 16.7. The summed E-state index contributed by atoms with van der Waals surface area (Å²) in [4.78, 5) is 13.4. The molecule has 230 valence electrons. The third kappa shape index (κ3) is 5.51. The summed E-state index contributed by atoms with van der Waals surface area (Å²) < 4.78 is 27.4. The van der Waals surface area contributed by atoms with E-state index in [1.165, 1.54) is 31.2 Å². The molecule has 0 bridgehead atoms. The van der Waals surface area contributed by atoms with E-state index in [2.05, 4.69) is 0 Å². The maximum absolute atomic E-state index is 13.4. The maximum Gasteiger partial charge on any atom is 0.277 e. The number of Topliss-reactive ketones (excluding diaryl/α,β-unsaturated/α-hetero) is 1. The Labute approximate surface area is 238 Å². The fraction of sp³-hybridized carbons (Fsp3) is 0.519. The first-order valence-corrected chi connectivity index (χ1v) is 13.1. The number of fused-ring (bicyclic) bond motifs is 1. The van der Waals surface area contributed by atoms with Crippen molar-refractivity contribution in [1.29, 1.82) is 0 Å². The van der Waals surface area contributed by atoms with Crippen LogP contribution in [-0.2, 0) is 15.9 Å². The highest BCUT2D eigenvalue weighted by Gasteiger charge is 2.50. The number of aliphatic hydroxyl groups excluding tert-OH is 7. The van der Waals surface area contributed by atoms with Crippen molar-refractivity contribution in [2.75, 3.05) is 6.61 Å². The van der Waals surface area contributed by atoms with Gasteiger partial charge < -0.3 is 69.6 Å². The highest BCUT2D eigenvalue weighted by molar-refractivity contribution is 6.09. The van der Waals surface area contributed by atoms with Crippen LogP contribution in [0.4, 0.5) is 0 Å². The standard InChI is InChI=1S/C27H32O15/c1-10-18(30)20(32)22(34)25(38-10)39-13-4-2-11(3-5-13)8-27(37)24(36)17-14(6-12(29)7-15(17)42-27)40-26-23(35)21(33)19(31)16(9-28)41-26/h2-7,10,16,18-23,25-26,28-35,37H,8-9H2,1H3/t10-,16+,18-,19-,20+,21-,22-,23+,25-,26+,27-/m0/s1. The summed E-state index contributed by atoms with van der Waals surface area (Å²) in [7, 11) is 0. The predicted octanol–water partition coefficient (Wildman–Crippen LogP) is -2.72. The van der Waals surface area contributed by atoms with Crippen molar-refractivity contribution in [1.82, 2.24) is 0 Å². The quantitative estimate of drug-likeness (QED) is 0.158. The average Bonchev–Trinajstić information content (AvgIpc) is 3.20. The van der Waals surface area contributed by atoms with Crippen LogP contribution in [0.5, 0.6) is 23.0 Å². The Kier molecular flexibility index (Phi) is 8.34. The molecule has 2 saturated heterocycles. The molecule has 0 aromatic heterocycles. The molecule has 0 unspecified atom stereocenters. The number of ketones is 1. The number of aliphatic hydroxyl groups is 8. The van der Waals surface area contributed by atoms with Crippen LogP contribution >= 0.6 is 0 Å². The molecule has 0 spiro atoms. The van der Waals surface area contributed by atoms with E-state index in [-0.39, 0.29) is 29.2 Å². The van der Waals surface area contributed by atoms with Crippen LogP contribution in [0.25, 0.3) is 0 Å². The molecular weight excluding hydrogens is 564 g/mol. The molecule has 15 nitrogen and oxygen atoms in total. The number of carbonyl (C=O) groups excluding carboxylic acids is 1. The zero-order valence-corrected chi connectivity index (χ0v) is 22.1. The Morgan fingerprint density at radius 3 is 2.10 bits per heavy atom. The maximum atomic E-state index is 13.4. The molecule has 2 fully saturated rings. The molecule has 2 aromatic carbocycles. The van der Waals surface area contributed by atoms with Crippen molar-refractivity contribution in [2.45, 2.75) is 80.5 Å². The normalized spacial score (nSPS) is 38.1. The van der Waals surface area contributed by atoms with Crippen LogP contribution in [0.2, 0.25) is 0 Å². The van der Waals surface area contributed by atoms with Crippen LogP contribution in [-0.4, -0.2) is 126 Å². The Morgan fingerprint density at radius 1 is 0.833 bits per heavy atom. The molecule has 5 rings (SSSR count). The van der Waals surface area contributed by atoms with E-state index in [1.54, 1.807) is 0 Å². The van der Waals surface area contributed by atoms with Crippen LogP contribution in [0.3, 0.4) is 0 Å². The van der Waals surface area contributed by atoms with Gasteiger partial charge in [-0.2, -0.15) is 0 Å². The van der Waals surface area contributed by atoms with Gasteiger partial charge in [0.1, 0.15) is 71.3 Å². The third-order valence-electron chi connectivity index (χ3n) is 7.43. The lowest BCUT2D eigenvalue weighted by Crippen LogP contribution is -2.60. The lowest BCUT2D eigenvalue weighted by Gasteiger charge is -2.39. The lowest BCUT2D eigenvalue weighted by atomic mass is 9.97. The van der Waals surface area contributed by atoms with Crippen molar-refractivity contribution >= 4 is 5.78 Å². The van der Waals surface area contributed by atoms with Crippen molar-refractivity contribution in [3.05, 3.63) is 47.5 Å². The first-order valence-electron chi connectivity index (χ1n) is 13.1. The number of hydrogen-bond donors (Lipinski definition) is 9. The van der Waals surface area contributed by atoms with Gasteiger partial charge >= 0.3 is 0 Å². The second-order valence-corrected chi connectivity index (χ2v) is 10.5. The summed E-state index contributed by atoms with van der Waals surface area (Å²) in [5, 5.41) is 91.1. The molecule has 3 aliphatic rings. The zero-order chi connectivity index (χ0) is 30.5. The Morgan fingerprint density at radius 2 is 1.45 bits per heavy atom. The number of carbonyl (C=O) groups is 1. The number of phenolic OH excluding ortho intramolecular Hbond substituents is 1. The second kappa shape index (κ2) is 11.5. The number of rotatable bonds is 7. The molecule has 15 heteroatoms. The van der Waals surface area contributed by atoms with Crippen LogP contribution in [0.1, 0.15) is 22.8 Å². The summed E-state index contributed by atoms with van der Waals surface area (Å²) in [6.45, 7) is 0.795. The van der Waals surface area contributed by atoms with Gasteiger partial charge in [0.25, 0.3) is 5.79 Å². The molecule has 2 aromatic rings. The summed E-state index contributed by atoms with van der Waals surface area (Å²) in [5.41, 5.74) is 0.117. The summed E-state index contributed by atoms with van der Waals surface area (Å²) in [6, 6.07) is 8.01. The molecule has 0 radical (unpaired) electrons. The van der Waals surface area contributed by atoms with Gasteiger partial charge in [0, 0.05) is 18.6 Å². The second-order valence-electron chi connectivity index (χ2n) is 10.5. The van der Waals surface area contributed by atoms with E-state index in [0.717, 1.165) is 12.1 Å².